The lowest BCUT2D eigenvalue weighted by molar-refractivity contribution is -0.144. The maximum Gasteiger partial charge on any atom is 0.311 e. The Bertz CT molecular complexity index is 626. The van der Waals surface area contributed by atoms with Crippen molar-refractivity contribution in [2.45, 2.75) is 129 Å². The van der Waals surface area contributed by atoms with Crippen molar-refractivity contribution in [3.8, 4) is 5.75 Å². The Morgan fingerprint density at radius 3 is 1.82 bits per heavy atom. The van der Waals surface area contributed by atoms with Crippen LogP contribution in [0, 0.1) is 0 Å². The van der Waals surface area contributed by atoms with Gasteiger partial charge in [0.2, 0.25) is 0 Å². The molecule has 0 bridgehead atoms. The first kappa shape index (κ1) is 29.2. The van der Waals surface area contributed by atoms with E-state index in [4.69, 9.17) is 9.47 Å². The number of carbonyl (C=O) groups is 2. The lowest BCUT2D eigenvalue weighted by Crippen LogP contribution is -2.09. The van der Waals surface area contributed by atoms with Crippen LogP contribution in [0.15, 0.2) is 24.3 Å². The van der Waals surface area contributed by atoms with E-state index in [0.29, 0.717) is 25.2 Å². The number of unbranched alkanes of at least 4 members (excludes halogenated alkanes) is 12. The molecule has 0 heterocycles. The second kappa shape index (κ2) is 20.7. The smallest absolute Gasteiger partial charge is 0.311 e. The molecule has 0 N–H and O–H groups in total. The molecule has 4 heteroatoms. The highest BCUT2D eigenvalue weighted by molar-refractivity contribution is 5.72. The molecule has 0 saturated heterocycles. The molecule has 0 spiro atoms. The summed E-state index contributed by atoms with van der Waals surface area (Å²) in [6.45, 7) is 4.94. The van der Waals surface area contributed by atoms with E-state index in [9.17, 15) is 9.59 Å². The molecule has 0 aromatic heterocycles. The molecular weight excluding hydrogens is 412 g/mol. The number of carbonyl (C=O) groups excluding carboxylic acids is 2. The summed E-state index contributed by atoms with van der Waals surface area (Å²) in [5, 5.41) is 0. The number of esters is 2. The van der Waals surface area contributed by atoms with E-state index in [1.54, 1.807) is 0 Å². The van der Waals surface area contributed by atoms with Crippen LogP contribution in [0.1, 0.15) is 129 Å². The van der Waals surface area contributed by atoms with Gasteiger partial charge in [0.25, 0.3) is 0 Å². The SMILES string of the molecule is CCCCCCCCCCOC(=O)CCCCCCCCC(=O)Oc1ccccc1CCC. The average Bonchev–Trinajstić information content (AvgIpc) is 2.81. The zero-order valence-electron chi connectivity index (χ0n) is 21.4. The van der Waals surface area contributed by atoms with Gasteiger partial charge < -0.3 is 9.47 Å². The van der Waals surface area contributed by atoms with Gasteiger partial charge in [-0.15, -0.1) is 0 Å². The maximum absolute atomic E-state index is 12.1. The zero-order valence-corrected chi connectivity index (χ0v) is 21.4. The lowest BCUT2D eigenvalue weighted by atomic mass is 10.1. The largest absolute Gasteiger partial charge is 0.466 e. The Kier molecular flexibility index (Phi) is 18.4. The van der Waals surface area contributed by atoms with E-state index >= 15 is 0 Å². The Labute approximate surface area is 202 Å². The van der Waals surface area contributed by atoms with Gasteiger partial charge in [-0.05, 0) is 37.3 Å². The molecule has 33 heavy (non-hydrogen) atoms. The topological polar surface area (TPSA) is 52.6 Å². The van der Waals surface area contributed by atoms with Gasteiger partial charge >= 0.3 is 11.9 Å². The summed E-state index contributed by atoms with van der Waals surface area (Å²) < 4.78 is 10.9. The quantitative estimate of drug-likeness (QED) is 0.105. The minimum Gasteiger partial charge on any atom is -0.466 e. The molecule has 0 radical (unpaired) electrons. The van der Waals surface area contributed by atoms with Crippen LogP contribution in [0.3, 0.4) is 0 Å². The number of aryl methyl sites for hydroxylation is 1. The Morgan fingerprint density at radius 2 is 1.18 bits per heavy atom. The summed E-state index contributed by atoms with van der Waals surface area (Å²) in [5.41, 5.74) is 1.10. The summed E-state index contributed by atoms with van der Waals surface area (Å²) in [5.74, 6) is 0.514. The molecule has 0 aliphatic rings. The first-order chi connectivity index (χ1) is 16.2. The summed E-state index contributed by atoms with van der Waals surface area (Å²) in [6.07, 6.45) is 19.0. The van der Waals surface area contributed by atoms with E-state index in [1.165, 1.54) is 38.5 Å². The third-order valence-corrected chi connectivity index (χ3v) is 5.99. The highest BCUT2D eigenvalue weighted by Gasteiger charge is 2.08. The zero-order chi connectivity index (χ0) is 24.0. The van der Waals surface area contributed by atoms with E-state index in [1.807, 2.05) is 24.3 Å². The molecule has 1 rings (SSSR count). The van der Waals surface area contributed by atoms with Gasteiger partial charge in [-0.3, -0.25) is 9.59 Å². The normalized spacial score (nSPS) is 10.8. The van der Waals surface area contributed by atoms with E-state index in [0.717, 1.165) is 69.8 Å². The van der Waals surface area contributed by atoms with Crippen molar-refractivity contribution in [2.24, 2.45) is 0 Å². The first-order valence-corrected chi connectivity index (χ1v) is 13.6. The number of ether oxygens (including phenoxy) is 2. The van der Waals surface area contributed by atoms with Gasteiger partial charge in [0.15, 0.2) is 0 Å². The average molecular weight is 461 g/mol. The van der Waals surface area contributed by atoms with Gasteiger partial charge in [0, 0.05) is 12.8 Å². The van der Waals surface area contributed by atoms with Crippen molar-refractivity contribution in [2.75, 3.05) is 6.61 Å². The molecule has 0 aliphatic carbocycles. The van der Waals surface area contributed by atoms with Crippen LogP contribution in [0.5, 0.6) is 5.75 Å². The standard InChI is InChI=1S/C29H48O4/c1-3-5-6-7-8-11-14-19-25-32-28(30)23-15-12-9-10-13-16-24-29(31)33-27-22-18-17-21-26(27)20-4-2/h17-18,21-22H,3-16,19-20,23-25H2,1-2H3. The van der Waals surface area contributed by atoms with Crippen LogP contribution in [-0.4, -0.2) is 18.5 Å². The van der Waals surface area contributed by atoms with E-state index in [2.05, 4.69) is 13.8 Å². The van der Waals surface area contributed by atoms with Crippen molar-refractivity contribution in [1.29, 1.82) is 0 Å². The second-order valence-electron chi connectivity index (χ2n) is 9.15. The summed E-state index contributed by atoms with van der Waals surface area (Å²) in [7, 11) is 0. The highest BCUT2D eigenvalue weighted by Crippen LogP contribution is 2.20. The fourth-order valence-corrected chi connectivity index (χ4v) is 3.99. The minimum atomic E-state index is -0.141. The third-order valence-electron chi connectivity index (χ3n) is 5.99. The van der Waals surface area contributed by atoms with Crippen LogP contribution in [-0.2, 0) is 20.7 Å². The first-order valence-electron chi connectivity index (χ1n) is 13.6. The Morgan fingerprint density at radius 1 is 0.636 bits per heavy atom. The Hall–Kier alpha value is -1.84. The second-order valence-corrected chi connectivity index (χ2v) is 9.15. The molecule has 0 unspecified atom stereocenters. The summed E-state index contributed by atoms with van der Waals surface area (Å²) in [6, 6.07) is 7.80. The molecule has 0 saturated carbocycles. The van der Waals surface area contributed by atoms with Gasteiger partial charge in [-0.2, -0.15) is 0 Å². The summed E-state index contributed by atoms with van der Waals surface area (Å²) in [4.78, 5) is 23.9. The summed E-state index contributed by atoms with van der Waals surface area (Å²) >= 11 is 0. The molecule has 188 valence electrons. The van der Waals surface area contributed by atoms with Gasteiger partial charge in [-0.25, -0.2) is 0 Å². The monoisotopic (exact) mass is 460 g/mol. The molecule has 0 amide bonds. The number of para-hydroxylation sites is 1. The van der Waals surface area contributed by atoms with Crippen molar-refractivity contribution < 1.29 is 19.1 Å². The van der Waals surface area contributed by atoms with Crippen LogP contribution in [0.2, 0.25) is 0 Å². The molecular formula is C29H48O4. The molecule has 0 aliphatic heterocycles. The molecule has 4 nitrogen and oxygen atoms in total. The van der Waals surface area contributed by atoms with Gasteiger partial charge in [-0.1, -0.05) is 109 Å². The fraction of sp³-hybridized carbons (Fsp3) is 0.724. The van der Waals surface area contributed by atoms with Gasteiger partial charge in [0.1, 0.15) is 5.75 Å². The van der Waals surface area contributed by atoms with Crippen molar-refractivity contribution in [3.63, 3.8) is 0 Å². The van der Waals surface area contributed by atoms with Crippen LogP contribution in [0.25, 0.3) is 0 Å². The van der Waals surface area contributed by atoms with Crippen LogP contribution in [0.4, 0.5) is 0 Å². The number of hydrogen-bond acceptors (Lipinski definition) is 4. The fourth-order valence-electron chi connectivity index (χ4n) is 3.99. The van der Waals surface area contributed by atoms with Crippen LogP contribution >= 0.6 is 0 Å². The van der Waals surface area contributed by atoms with Crippen LogP contribution < -0.4 is 4.74 Å². The molecule has 1 aromatic carbocycles. The molecule has 0 atom stereocenters. The number of rotatable bonds is 21. The predicted octanol–water partition coefficient (Wildman–Crippen LogP) is 8.35. The third kappa shape index (κ3) is 16.4. The highest BCUT2D eigenvalue weighted by atomic mass is 16.5. The Balaban J connectivity index is 1.91. The molecule has 0 fully saturated rings. The number of benzene rings is 1. The number of hydrogen-bond donors (Lipinski definition) is 0. The lowest BCUT2D eigenvalue weighted by Gasteiger charge is -2.09. The van der Waals surface area contributed by atoms with E-state index < -0.39 is 0 Å². The van der Waals surface area contributed by atoms with E-state index in [-0.39, 0.29) is 11.9 Å². The molecule has 1 aromatic rings. The predicted molar refractivity (Wildman–Crippen MR) is 137 cm³/mol. The van der Waals surface area contributed by atoms with Gasteiger partial charge in [0.05, 0.1) is 6.61 Å². The minimum absolute atomic E-state index is 0.0518. The van der Waals surface area contributed by atoms with Crippen molar-refractivity contribution in [3.05, 3.63) is 29.8 Å². The maximum atomic E-state index is 12.1. The van der Waals surface area contributed by atoms with Crippen molar-refractivity contribution in [1.82, 2.24) is 0 Å². The van der Waals surface area contributed by atoms with Crippen molar-refractivity contribution >= 4 is 11.9 Å².